The number of nitrogens with one attached hydrogen (secondary N) is 1. The SMILES string of the molecule is NC1CCCc2ccc(NC(=O)OCc3ccccc3)cc2C1O. The van der Waals surface area contributed by atoms with E-state index in [1.54, 1.807) is 6.07 Å². The molecule has 4 N–H and O–H groups in total. The van der Waals surface area contributed by atoms with Crippen molar-refractivity contribution in [3.63, 3.8) is 0 Å². The van der Waals surface area contributed by atoms with Crippen LogP contribution in [0.4, 0.5) is 10.5 Å². The van der Waals surface area contributed by atoms with Crippen molar-refractivity contribution in [3.8, 4) is 0 Å². The molecule has 0 radical (unpaired) electrons. The van der Waals surface area contributed by atoms with Crippen molar-refractivity contribution in [1.82, 2.24) is 0 Å². The number of benzene rings is 2. The molecule has 5 nitrogen and oxygen atoms in total. The van der Waals surface area contributed by atoms with E-state index in [1.165, 1.54) is 0 Å². The number of nitrogens with two attached hydrogens (primary N) is 1. The van der Waals surface area contributed by atoms with E-state index < -0.39 is 12.2 Å². The van der Waals surface area contributed by atoms with Crippen molar-refractivity contribution >= 4 is 11.8 Å². The van der Waals surface area contributed by atoms with Crippen LogP contribution in [0.5, 0.6) is 0 Å². The summed E-state index contributed by atoms with van der Waals surface area (Å²) < 4.78 is 5.21. The average Bonchev–Trinajstić information content (AvgIpc) is 2.74. The quantitative estimate of drug-likeness (QED) is 0.757. The Balaban J connectivity index is 1.65. The lowest BCUT2D eigenvalue weighted by Crippen LogP contribution is -2.27. The van der Waals surface area contributed by atoms with E-state index in [0.29, 0.717) is 5.69 Å². The first-order valence-corrected chi connectivity index (χ1v) is 8.17. The average molecular weight is 326 g/mol. The van der Waals surface area contributed by atoms with Crippen LogP contribution in [0.1, 0.15) is 35.6 Å². The fraction of sp³-hybridized carbons (Fsp3) is 0.316. The molecule has 2 aromatic carbocycles. The van der Waals surface area contributed by atoms with Crippen molar-refractivity contribution in [1.29, 1.82) is 0 Å². The van der Waals surface area contributed by atoms with E-state index in [2.05, 4.69) is 5.32 Å². The van der Waals surface area contributed by atoms with Gasteiger partial charge in [-0.3, -0.25) is 5.32 Å². The third kappa shape index (κ3) is 3.93. The number of aliphatic hydroxyl groups is 1. The zero-order valence-electron chi connectivity index (χ0n) is 13.4. The Morgan fingerprint density at radius 1 is 1.25 bits per heavy atom. The van der Waals surface area contributed by atoms with E-state index in [-0.39, 0.29) is 12.6 Å². The molecule has 2 atom stereocenters. The van der Waals surface area contributed by atoms with Crippen molar-refractivity contribution in [2.45, 2.75) is 38.0 Å². The van der Waals surface area contributed by atoms with Gasteiger partial charge in [-0.1, -0.05) is 36.4 Å². The van der Waals surface area contributed by atoms with Crippen LogP contribution < -0.4 is 11.1 Å². The van der Waals surface area contributed by atoms with Crippen LogP contribution >= 0.6 is 0 Å². The topological polar surface area (TPSA) is 84.6 Å². The molecule has 1 aliphatic rings. The highest BCUT2D eigenvalue weighted by atomic mass is 16.5. The standard InChI is InChI=1S/C19H22N2O3/c20-17-8-4-7-14-9-10-15(11-16(14)18(17)22)21-19(23)24-12-13-5-2-1-3-6-13/h1-3,5-6,9-11,17-18,22H,4,7-8,12,20H2,(H,21,23). The maximum atomic E-state index is 11.9. The number of rotatable bonds is 3. The van der Waals surface area contributed by atoms with Gasteiger partial charge in [0.15, 0.2) is 0 Å². The molecule has 2 unspecified atom stereocenters. The molecule has 0 aliphatic heterocycles. The molecule has 2 aromatic rings. The molecule has 0 heterocycles. The third-order valence-corrected chi connectivity index (χ3v) is 4.31. The molecule has 126 valence electrons. The van der Waals surface area contributed by atoms with E-state index in [1.807, 2.05) is 42.5 Å². The van der Waals surface area contributed by atoms with Crippen LogP contribution in [0, 0.1) is 0 Å². The van der Waals surface area contributed by atoms with Gasteiger partial charge in [-0.05, 0) is 48.1 Å². The largest absolute Gasteiger partial charge is 0.444 e. The molecule has 0 aromatic heterocycles. The van der Waals surface area contributed by atoms with Gasteiger partial charge in [0, 0.05) is 11.7 Å². The molecule has 5 heteroatoms. The number of aliphatic hydroxyl groups excluding tert-OH is 1. The lowest BCUT2D eigenvalue weighted by Gasteiger charge is -2.18. The minimum Gasteiger partial charge on any atom is -0.444 e. The summed E-state index contributed by atoms with van der Waals surface area (Å²) in [4.78, 5) is 11.9. The Morgan fingerprint density at radius 2 is 2.04 bits per heavy atom. The summed E-state index contributed by atoms with van der Waals surface area (Å²) in [5, 5.41) is 13.1. The fourth-order valence-electron chi connectivity index (χ4n) is 2.97. The van der Waals surface area contributed by atoms with Crippen molar-refractivity contribution in [2.75, 3.05) is 5.32 Å². The number of fused-ring (bicyclic) bond motifs is 1. The lowest BCUT2D eigenvalue weighted by atomic mass is 9.98. The molecule has 1 amide bonds. The van der Waals surface area contributed by atoms with Gasteiger partial charge in [-0.2, -0.15) is 0 Å². The molecule has 0 fully saturated rings. The highest BCUT2D eigenvalue weighted by Crippen LogP contribution is 2.30. The highest BCUT2D eigenvalue weighted by Gasteiger charge is 2.23. The molecule has 1 aliphatic carbocycles. The van der Waals surface area contributed by atoms with Crippen LogP contribution in [0.25, 0.3) is 0 Å². The smallest absolute Gasteiger partial charge is 0.411 e. The molecule has 24 heavy (non-hydrogen) atoms. The maximum absolute atomic E-state index is 11.9. The first kappa shape index (κ1) is 16.5. The Hall–Kier alpha value is -2.37. The molecular weight excluding hydrogens is 304 g/mol. The van der Waals surface area contributed by atoms with E-state index in [0.717, 1.165) is 36.0 Å². The Kier molecular flexibility index (Phi) is 5.13. The summed E-state index contributed by atoms with van der Waals surface area (Å²) >= 11 is 0. The predicted octanol–water partition coefficient (Wildman–Crippen LogP) is 3.13. The van der Waals surface area contributed by atoms with Crippen LogP contribution in [0.3, 0.4) is 0 Å². The Bertz CT molecular complexity index is 703. The minimum absolute atomic E-state index is 0.213. The van der Waals surface area contributed by atoms with Gasteiger partial charge >= 0.3 is 6.09 Å². The molecule has 0 spiro atoms. The minimum atomic E-state index is -0.704. The number of ether oxygens (including phenoxy) is 1. The van der Waals surface area contributed by atoms with Gasteiger partial charge in [0.25, 0.3) is 0 Å². The number of aryl methyl sites for hydroxylation is 1. The summed E-state index contributed by atoms with van der Waals surface area (Å²) in [6.07, 6.45) is 1.41. The normalized spacial score (nSPS) is 19.9. The summed E-state index contributed by atoms with van der Waals surface area (Å²) in [6, 6.07) is 14.8. The highest BCUT2D eigenvalue weighted by molar-refractivity contribution is 5.84. The van der Waals surface area contributed by atoms with Gasteiger partial charge in [0.05, 0.1) is 6.10 Å². The van der Waals surface area contributed by atoms with Crippen LogP contribution in [0.2, 0.25) is 0 Å². The van der Waals surface area contributed by atoms with Crippen LogP contribution in [0.15, 0.2) is 48.5 Å². The van der Waals surface area contributed by atoms with Crippen molar-refractivity contribution in [3.05, 3.63) is 65.2 Å². The molecular formula is C19H22N2O3. The molecule has 3 rings (SSSR count). The second-order valence-corrected chi connectivity index (χ2v) is 6.10. The monoisotopic (exact) mass is 326 g/mol. The van der Waals surface area contributed by atoms with Crippen molar-refractivity contribution in [2.24, 2.45) is 5.73 Å². The molecule has 0 bridgehead atoms. The first-order chi connectivity index (χ1) is 11.6. The van der Waals surface area contributed by atoms with Gasteiger partial charge in [0.1, 0.15) is 6.61 Å². The number of carbonyl (C=O) groups excluding carboxylic acids is 1. The number of carbonyl (C=O) groups is 1. The van der Waals surface area contributed by atoms with Gasteiger partial charge in [-0.15, -0.1) is 0 Å². The molecule has 0 saturated heterocycles. The van der Waals surface area contributed by atoms with Gasteiger partial charge < -0.3 is 15.6 Å². The maximum Gasteiger partial charge on any atom is 0.411 e. The third-order valence-electron chi connectivity index (χ3n) is 4.31. The van der Waals surface area contributed by atoms with E-state index >= 15 is 0 Å². The summed E-state index contributed by atoms with van der Waals surface area (Å²) in [5.41, 5.74) is 9.39. The Labute approximate surface area is 141 Å². The second kappa shape index (κ2) is 7.47. The number of amides is 1. The van der Waals surface area contributed by atoms with E-state index in [4.69, 9.17) is 10.5 Å². The zero-order chi connectivity index (χ0) is 16.9. The first-order valence-electron chi connectivity index (χ1n) is 8.17. The van der Waals surface area contributed by atoms with Crippen LogP contribution in [-0.2, 0) is 17.8 Å². The second-order valence-electron chi connectivity index (χ2n) is 6.10. The predicted molar refractivity (Wildman–Crippen MR) is 92.6 cm³/mol. The zero-order valence-corrected chi connectivity index (χ0v) is 13.4. The van der Waals surface area contributed by atoms with Gasteiger partial charge in [-0.25, -0.2) is 4.79 Å². The Morgan fingerprint density at radius 3 is 2.83 bits per heavy atom. The van der Waals surface area contributed by atoms with Crippen LogP contribution in [-0.4, -0.2) is 17.2 Å². The number of hydrogen-bond donors (Lipinski definition) is 3. The number of hydrogen-bond acceptors (Lipinski definition) is 4. The van der Waals surface area contributed by atoms with E-state index in [9.17, 15) is 9.90 Å². The summed E-state index contributed by atoms with van der Waals surface area (Å²) in [6.45, 7) is 0.213. The van der Waals surface area contributed by atoms with Crippen molar-refractivity contribution < 1.29 is 14.6 Å². The summed E-state index contributed by atoms with van der Waals surface area (Å²) in [5.74, 6) is 0. The lowest BCUT2D eigenvalue weighted by molar-refractivity contribution is 0.144. The number of anilines is 1. The molecule has 0 saturated carbocycles. The fourth-order valence-corrected chi connectivity index (χ4v) is 2.97. The van der Waals surface area contributed by atoms with Gasteiger partial charge in [0.2, 0.25) is 0 Å². The summed E-state index contributed by atoms with van der Waals surface area (Å²) in [7, 11) is 0.